The van der Waals surface area contributed by atoms with Crippen molar-refractivity contribution in [2.45, 2.75) is 45.6 Å². The lowest BCUT2D eigenvalue weighted by molar-refractivity contribution is 0.198. The van der Waals surface area contributed by atoms with E-state index in [4.69, 9.17) is 9.72 Å². The lowest BCUT2D eigenvalue weighted by Gasteiger charge is -2.32. The minimum atomic E-state index is 0.479. The fourth-order valence-electron chi connectivity index (χ4n) is 4.53. The Morgan fingerprint density at radius 1 is 1.13 bits per heavy atom. The molecular weight excluding hydrogens is 372 g/mol. The van der Waals surface area contributed by atoms with Crippen LogP contribution in [0, 0.1) is 13.8 Å². The quantitative estimate of drug-likeness (QED) is 0.610. The van der Waals surface area contributed by atoms with Gasteiger partial charge in [0, 0.05) is 55.1 Å². The predicted octanol–water partition coefficient (Wildman–Crippen LogP) is 4.41. The monoisotopic (exact) mass is 404 g/mol. The van der Waals surface area contributed by atoms with Gasteiger partial charge in [0.15, 0.2) is 0 Å². The summed E-state index contributed by atoms with van der Waals surface area (Å²) in [5.74, 6) is 1.43. The van der Waals surface area contributed by atoms with Gasteiger partial charge in [0.25, 0.3) is 0 Å². The maximum atomic E-state index is 5.55. The summed E-state index contributed by atoms with van der Waals surface area (Å²) in [6.07, 6.45) is 5.29. The number of methoxy groups -OCH3 is 1. The Bertz CT molecular complexity index is 1010. The van der Waals surface area contributed by atoms with E-state index in [0.29, 0.717) is 5.92 Å². The number of likely N-dealkylation sites (tertiary alicyclic amines) is 1. The summed E-state index contributed by atoms with van der Waals surface area (Å²) in [6, 6.07) is 12.8. The number of nitrogens with zero attached hydrogens (tertiary/aromatic N) is 4. The van der Waals surface area contributed by atoms with Gasteiger partial charge in [0.2, 0.25) is 0 Å². The number of aryl methyl sites for hydroxylation is 2. The van der Waals surface area contributed by atoms with Crippen LogP contribution in [0.15, 0.2) is 42.6 Å². The van der Waals surface area contributed by atoms with Gasteiger partial charge in [-0.2, -0.15) is 5.10 Å². The molecule has 1 fully saturated rings. The number of benzene rings is 1. The summed E-state index contributed by atoms with van der Waals surface area (Å²) < 4.78 is 7.51. The zero-order chi connectivity index (χ0) is 21.1. The number of aromatic nitrogens is 3. The number of ether oxygens (including phenoxy) is 1. The lowest BCUT2D eigenvalue weighted by Crippen LogP contribution is -2.34. The molecule has 0 radical (unpaired) electrons. The molecule has 1 aromatic carbocycles. The average Bonchev–Trinajstić information content (AvgIpc) is 3.06. The normalized spacial score (nSPS) is 17.3. The van der Waals surface area contributed by atoms with E-state index in [1.54, 1.807) is 7.11 Å². The molecule has 0 spiro atoms. The van der Waals surface area contributed by atoms with Crippen LogP contribution in [0.25, 0.3) is 0 Å². The second-order valence-corrected chi connectivity index (χ2v) is 8.48. The third-order valence-corrected chi connectivity index (χ3v) is 6.27. The van der Waals surface area contributed by atoms with E-state index in [2.05, 4.69) is 48.1 Å². The highest BCUT2D eigenvalue weighted by molar-refractivity contribution is 5.38. The highest BCUT2D eigenvalue weighted by Crippen LogP contribution is 2.29. The summed E-state index contributed by atoms with van der Waals surface area (Å²) in [5, 5.41) is 4.40. The predicted molar refractivity (Wildman–Crippen MR) is 120 cm³/mol. The van der Waals surface area contributed by atoms with Crippen LogP contribution >= 0.6 is 0 Å². The molecule has 0 amide bonds. The molecule has 0 saturated carbocycles. The molecule has 30 heavy (non-hydrogen) atoms. The molecule has 3 heterocycles. The first kappa shape index (κ1) is 20.6. The van der Waals surface area contributed by atoms with Gasteiger partial charge in [0.1, 0.15) is 5.75 Å². The Kier molecular flexibility index (Phi) is 6.18. The van der Waals surface area contributed by atoms with E-state index in [1.807, 2.05) is 30.1 Å². The molecule has 5 heteroatoms. The van der Waals surface area contributed by atoms with Gasteiger partial charge < -0.3 is 4.74 Å². The second kappa shape index (κ2) is 9.00. The van der Waals surface area contributed by atoms with Gasteiger partial charge in [-0.3, -0.25) is 14.6 Å². The molecule has 5 nitrogen and oxygen atoms in total. The summed E-state index contributed by atoms with van der Waals surface area (Å²) in [4.78, 5) is 7.49. The Morgan fingerprint density at radius 3 is 2.73 bits per heavy atom. The number of hydrogen-bond donors (Lipinski definition) is 0. The Balaban J connectivity index is 1.51. The number of hydrogen-bond acceptors (Lipinski definition) is 4. The summed E-state index contributed by atoms with van der Waals surface area (Å²) >= 11 is 0. The standard InChI is InChI=1S/C25H32N4O/c1-18-12-20(13-21-8-5-6-10-25(21)30-4)14-24(27-18)22-9-7-11-29(16-22)17-23-15-26-28(3)19(23)2/h5-6,8,10,12,14-15,22H,7,9,11,13,16-17H2,1-4H3/t22-/m0/s1. The van der Waals surface area contributed by atoms with E-state index < -0.39 is 0 Å². The minimum Gasteiger partial charge on any atom is -0.496 e. The number of pyridine rings is 1. The number of piperidine rings is 1. The van der Waals surface area contributed by atoms with Crippen LogP contribution in [0.5, 0.6) is 5.75 Å². The molecule has 0 bridgehead atoms. The third-order valence-electron chi connectivity index (χ3n) is 6.27. The van der Waals surface area contributed by atoms with Crippen LogP contribution in [0.4, 0.5) is 0 Å². The first-order chi connectivity index (χ1) is 14.5. The van der Waals surface area contributed by atoms with E-state index in [-0.39, 0.29) is 0 Å². The van der Waals surface area contributed by atoms with Crippen molar-refractivity contribution in [1.82, 2.24) is 19.7 Å². The Hall–Kier alpha value is -2.66. The van der Waals surface area contributed by atoms with Crippen LogP contribution in [-0.2, 0) is 20.0 Å². The van der Waals surface area contributed by atoms with E-state index in [9.17, 15) is 0 Å². The van der Waals surface area contributed by atoms with Crippen molar-refractivity contribution in [3.63, 3.8) is 0 Å². The van der Waals surface area contributed by atoms with Gasteiger partial charge in [-0.05, 0) is 62.6 Å². The molecule has 0 aliphatic carbocycles. The van der Waals surface area contributed by atoms with Gasteiger partial charge >= 0.3 is 0 Å². The molecule has 1 saturated heterocycles. The first-order valence-corrected chi connectivity index (χ1v) is 10.8. The average molecular weight is 405 g/mol. The highest BCUT2D eigenvalue weighted by atomic mass is 16.5. The van der Waals surface area contributed by atoms with Gasteiger partial charge in [-0.1, -0.05) is 18.2 Å². The minimum absolute atomic E-state index is 0.479. The van der Waals surface area contributed by atoms with Crippen LogP contribution in [0.2, 0.25) is 0 Å². The zero-order valence-electron chi connectivity index (χ0n) is 18.6. The van der Waals surface area contributed by atoms with E-state index in [1.165, 1.54) is 40.9 Å². The third kappa shape index (κ3) is 4.57. The molecule has 0 unspecified atom stereocenters. The maximum Gasteiger partial charge on any atom is 0.122 e. The maximum absolute atomic E-state index is 5.55. The highest BCUT2D eigenvalue weighted by Gasteiger charge is 2.24. The Morgan fingerprint density at radius 2 is 1.97 bits per heavy atom. The van der Waals surface area contributed by atoms with Crippen molar-refractivity contribution in [1.29, 1.82) is 0 Å². The number of para-hydroxylation sites is 1. The van der Waals surface area contributed by atoms with Gasteiger partial charge in [-0.15, -0.1) is 0 Å². The van der Waals surface area contributed by atoms with Crippen molar-refractivity contribution >= 4 is 0 Å². The molecular formula is C25H32N4O. The van der Waals surface area contributed by atoms with Crippen molar-refractivity contribution < 1.29 is 4.74 Å². The second-order valence-electron chi connectivity index (χ2n) is 8.48. The van der Waals surface area contributed by atoms with Crippen molar-refractivity contribution in [3.8, 4) is 5.75 Å². The number of rotatable bonds is 6. The summed E-state index contributed by atoms with van der Waals surface area (Å²) in [6.45, 7) is 7.42. The fourth-order valence-corrected chi connectivity index (χ4v) is 4.53. The molecule has 4 rings (SSSR count). The van der Waals surface area contributed by atoms with Gasteiger partial charge in [-0.25, -0.2) is 0 Å². The van der Waals surface area contributed by atoms with Crippen LogP contribution in [0.3, 0.4) is 0 Å². The topological polar surface area (TPSA) is 43.2 Å². The molecule has 0 N–H and O–H groups in total. The van der Waals surface area contributed by atoms with Crippen LogP contribution < -0.4 is 4.74 Å². The first-order valence-electron chi connectivity index (χ1n) is 10.8. The molecule has 3 aromatic rings. The molecule has 2 aromatic heterocycles. The summed E-state index contributed by atoms with van der Waals surface area (Å²) in [5.41, 5.74) is 7.43. The van der Waals surface area contributed by atoms with Crippen molar-refractivity contribution in [3.05, 3.63) is 76.4 Å². The lowest BCUT2D eigenvalue weighted by atomic mass is 9.92. The largest absolute Gasteiger partial charge is 0.496 e. The van der Waals surface area contributed by atoms with E-state index >= 15 is 0 Å². The molecule has 158 valence electrons. The van der Waals surface area contributed by atoms with E-state index in [0.717, 1.165) is 37.5 Å². The smallest absolute Gasteiger partial charge is 0.122 e. The fraction of sp³-hybridized carbons (Fsp3) is 0.440. The zero-order valence-corrected chi connectivity index (χ0v) is 18.6. The molecule has 1 aliphatic heterocycles. The molecule has 1 atom stereocenters. The molecule has 1 aliphatic rings. The van der Waals surface area contributed by atoms with Crippen molar-refractivity contribution in [2.75, 3.05) is 20.2 Å². The SMILES string of the molecule is COc1ccccc1Cc1cc(C)nc([C@H]2CCCN(Cc3cnn(C)c3C)C2)c1. The van der Waals surface area contributed by atoms with Crippen LogP contribution in [-0.4, -0.2) is 39.9 Å². The Labute approximate surface area is 179 Å². The van der Waals surface area contributed by atoms with Crippen molar-refractivity contribution in [2.24, 2.45) is 7.05 Å². The van der Waals surface area contributed by atoms with Gasteiger partial charge in [0.05, 0.1) is 13.3 Å². The summed E-state index contributed by atoms with van der Waals surface area (Å²) in [7, 11) is 3.75. The van der Waals surface area contributed by atoms with Crippen LogP contribution in [0.1, 0.15) is 52.5 Å².